The normalized spacial score (nSPS) is 12.6. The Morgan fingerprint density at radius 2 is 0.595 bits per heavy atom. The minimum absolute atomic E-state index is 0.0246. The van der Waals surface area contributed by atoms with Crippen LogP contribution in [0.3, 0.4) is 0 Å². The standard InChI is InChI=1S/C78H151NO5/c1-3-5-7-9-11-13-15-17-18-45-48-52-56-60-64-68-72-78(83)84-73-69-65-61-57-53-49-46-43-41-39-37-35-33-31-29-27-25-23-21-19-20-22-24-26-28-30-32-34-36-38-40-42-44-47-51-55-59-63-67-71-77(82)79-75(74-80)76(81)70-66-62-58-54-50-16-14-12-10-8-6-4-2/h19-20,23,25,75-76,80-81H,3-18,21-22,24,26-74H2,1-2H3,(H,79,82)/b20-19-,25-23-. The van der Waals surface area contributed by atoms with Crippen molar-refractivity contribution in [1.82, 2.24) is 5.32 Å². The van der Waals surface area contributed by atoms with Crippen LogP contribution in [0, 0.1) is 0 Å². The zero-order valence-corrected chi connectivity index (χ0v) is 57.2. The molecule has 0 bridgehead atoms. The number of hydrogen-bond acceptors (Lipinski definition) is 5. The van der Waals surface area contributed by atoms with E-state index in [4.69, 9.17) is 4.74 Å². The summed E-state index contributed by atoms with van der Waals surface area (Å²) in [5.74, 6) is -0.00539. The van der Waals surface area contributed by atoms with E-state index in [1.54, 1.807) is 0 Å². The van der Waals surface area contributed by atoms with Crippen LogP contribution in [0.1, 0.15) is 438 Å². The number of amides is 1. The Balaban J connectivity index is 3.32. The zero-order chi connectivity index (χ0) is 60.6. The van der Waals surface area contributed by atoms with Gasteiger partial charge in [0.2, 0.25) is 5.91 Å². The highest BCUT2D eigenvalue weighted by Crippen LogP contribution is 2.20. The summed E-state index contributed by atoms with van der Waals surface area (Å²) in [7, 11) is 0. The van der Waals surface area contributed by atoms with Crippen molar-refractivity contribution >= 4 is 11.9 Å². The van der Waals surface area contributed by atoms with Crippen molar-refractivity contribution in [3.05, 3.63) is 24.3 Å². The molecule has 0 saturated carbocycles. The van der Waals surface area contributed by atoms with Gasteiger partial charge < -0.3 is 20.3 Å². The topological polar surface area (TPSA) is 95.9 Å². The summed E-state index contributed by atoms with van der Waals surface area (Å²) in [6, 6.07) is -0.538. The SMILES string of the molecule is CCCCCCCCCCCCCCCCCCC(=O)OCCCCCCCCCCCCCCCCC/C=C\C/C=C\CCCCCCCCCCCCCCCCCCCC(=O)NC(CO)C(O)CCCCCCCCCCCCCC. The summed E-state index contributed by atoms with van der Waals surface area (Å²) in [5, 5.41) is 23.3. The van der Waals surface area contributed by atoms with Gasteiger partial charge in [0.15, 0.2) is 0 Å². The van der Waals surface area contributed by atoms with Gasteiger partial charge in [-0.15, -0.1) is 0 Å². The van der Waals surface area contributed by atoms with Crippen molar-refractivity contribution in [2.45, 2.75) is 450 Å². The Kier molecular flexibility index (Phi) is 72.3. The van der Waals surface area contributed by atoms with Crippen molar-refractivity contribution in [3.8, 4) is 0 Å². The molecule has 2 unspecified atom stereocenters. The Labute approximate surface area is 526 Å². The van der Waals surface area contributed by atoms with E-state index in [1.807, 2.05) is 0 Å². The summed E-state index contributed by atoms with van der Waals surface area (Å²) < 4.78 is 5.51. The molecule has 0 aromatic rings. The maximum absolute atomic E-state index is 12.5. The van der Waals surface area contributed by atoms with Crippen LogP contribution in [-0.4, -0.2) is 47.4 Å². The van der Waals surface area contributed by atoms with E-state index in [1.165, 1.54) is 360 Å². The van der Waals surface area contributed by atoms with Crippen molar-refractivity contribution in [1.29, 1.82) is 0 Å². The second kappa shape index (κ2) is 73.8. The number of allylic oxidation sites excluding steroid dienone is 4. The molecule has 0 heterocycles. The first-order valence-corrected chi connectivity index (χ1v) is 38.6. The molecule has 0 spiro atoms. The number of esters is 1. The highest BCUT2D eigenvalue weighted by Gasteiger charge is 2.20. The lowest BCUT2D eigenvalue weighted by Gasteiger charge is -2.22. The number of ether oxygens (including phenoxy) is 1. The largest absolute Gasteiger partial charge is 0.466 e. The van der Waals surface area contributed by atoms with E-state index in [-0.39, 0.29) is 18.5 Å². The van der Waals surface area contributed by atoms with E-state index < -0.39 is 12.1 Å². The van der Waals surface area contributed by atoms with Gasteiger partial charge in [0.1, 0.15) is 0 Å². The number of nitrogens with one attached hydrogen (secondary N) is 1. The van der Waals surface area contributed by atoms with Crippen LogP contribution in [0.15, 0.2) is 24.3 Å². The molecule has 0 aliphatic carbocycles. The van der Waals surface area contributed by atoms with Gasteiger partial charge in [-0.2, -0.15) is 0 Å². The summed E-state index contributed by atoms with van der Waals surface area (Å²) in [6.45, 7) is 4.99. The van der Waals surface area contributed by atoms with E-state index in [9.17, 15) is 19.8 Å². The van der Waals surface area contributed by atoms with E-state index in [0.29, 0.717) is 25.9 Å². The molecule has 0 aliphatic heterocycles. The molecule has 0 saturated heterocycles. The second-order valence-electron chi connectivity index (χ2n) is 26.7. The van der Waals surface area contributed by atoms with Gasteiger partial charge in [-0.3, -0.25) is 9.59 Å². The number of rotatable bonds is 73. The fourth-order valence-electron chi connectivity index (χ4n) is 12.4. The lowest BCUT2D eigenvalue weighted by molar-refractivity contribution is -0.143. The lowest BCUT2D eigenvalue weighted by Crippen LogP contribution is -2.45. The number of hydrogen-bond donors (Lipinski definition) is 3. The maximum atomic E-state index is 12.5. The molecule has 2 atom stereocenters. The summed E-state index contributed by atoms with van der Waals surface area (Å²) >= 11 is 0. The maximum Gasteiger partial charge on any atom is 0.305 e. The van der Waals surface area contributed by atoms with Crippen molar-refractivity contribution in [2.24, 2.45) is 0 Å². The second-order valence-corrected chi connectivity index (χ2v) is 26.7. The number of carbonyl (C=O) groups is 2. The highest BCUT2D eigenvalue weighted by molar-refractivity contribution is 5.76. The number of carbonyl (C=O) groups excluding carboxylic acids is 2. The third kappa shape index (κ3) is 69.4. The first-order valence-electron chi connectivity index (χ1n) is 38.6. The molecule has 498 valence electrons. The number of aliphatic hydroxyl groups excluding tert-OH is 2. The Morgan fingerprint density at radius 1 is 0.333 bits per heavy atom. The molecule has 0 fully saturated rings. The Hall–Kier alpha value is -1.66. The minimum Gasteiger partial charge on any atom is -0.466 e. The van der Waals surface area contributed by atoms with Crippen LogP contribution in [0.25, 0.3) is 0 Å². The molecule has 0 aromatic carbocycles. The van der Waals surface area contributed by atoms with Crippen molar-refractivity contribution in [3.63, 3.8) is 0 Å². The first kappa shape index (κ1) is 82.3. The fraction of sp³-hybridized carbons (Fsp3) is 0.923. The third-order valence-electron chi connectivity index (χ3n) is 18.3. The van der Waals surface area contributed by atoms with Gasteiger partial charge in [-0.1, -0.05) is 391 Å². The molecular formula is C78H151NO5. The lowest BCUT2D eigenvalue weighted by atomic mass is 10.0. The summed E-state index contributed by atoms with van der Waals surface area (Å²) in [5.41, 5.74) is 0. The molecule has 84 heavy (non-hydrogen) atoms. The predicted octanol–water partition coefficient (Wildman–Crippen LogP) is 25.3. The van der Waals surface area contributed by atoms with Gasteiger partial charge in [-0.05, 0) is 57.8 Å². The van der Waals surface area contributed by atoms with Crippen LogP contribution in [0.5, 0.6) is 0 Å². The number of aliphatic hydroxyl groups is 2. The average molecular weight is 1180 g/mol. The molecule has 0 rings (SSSR count). The first-order chi connectivity index (χ1) is 41.5. The van der Waals surface area contributed by atoms with Gasteiger partial charge in [0, 0.05) is 12.8 Å². The highest BCUT2D eigenvalue weighted by atomic mass is 16.5. The Morgan fingerprint density at radius 3 is 0.905 bits per heavy atom. The molecule has 0 radical (unpaired) electrons. The predicted molar refractivity (Wildman–Crippen MR) is 370 cm³/mol. The van der Waals surface area contributed by atoms with E-state index in [0.717, 1.165) is 44.9 Å². The van der Waals surface area contributed by atoms with E-state index in [2.05, 4.69) is 43.5 Å². The Bertz CT molecular complexity index is 1320. The molecule has 6 heteroatoms. The van der Waals surface area contributed by atoms with Crippen LogP contribution < -0.4 is 5.32 Å². The van der Waals surface area contributed by atoms with Crippen molar-refractivity contribution in [2.75, 3.05) is 13.2 Å². The van der Waals surface area contributed by atoms with Gasteiger partial charge in [0.25, 0.3) is 0 Å². The van der Waals surface area contributed by atoms with Gasteiger partial charge >= 0.3 is 5.97 Å². The zero-order valence-electron chi connectivity index (χ0n) is 57.2. The van der Waals surface area contributed by atoms with E-state index >= 15 is 0 Å². The van der Waals surface area contributed by atoms with Crippen LogP contribution in [-0.2, 0) is 14.3 Å². The fourth-order valence-corrected chi connectivity index (χ4v) is 12.4. The smallest absolute Gasteiger partial charge is 0.305 e. The summed E-state index contributed by atoms with van der Waals surface area (Å²) in [6.07, 6.45) is 94.2. The number of unbranched alkanes of at least 4 members (excludes halogenated alkanes) is 58. The van der Waals surface area contributed by atoms with Crippen LogP contribution in [0.2, 0.25) is 0 Å². The van der Waals surface area contributed by atoms with Gasteiger partial charge in [-0.25, -0.2) is 0 Å². The van der Waals surface area contributed by atoms with Crippen LogP contribution >= 0.6 is 0 Å². The third-order valence-corrected chi connectivity index (χ3v) is 18.3. The summed E-state index contributed by atoms with van der Waals surface area (Å²) in [4.78, 5) is 24.6. The molecular weight excluding hydrogens is 1030 g/mol. The quantitative estimate of drug-likeness (QED) is 0.0320. The molecule has 0 aliphatic rings. The molecule has 3 N–H and O–H groups in total. The van der Waals surface area contributed by atoms with Gasteiger partial charge in [0.05, 0.1) is 25.4 Å². The molecule has 1 amide bonds. The average Bonchev–Trinajstić information content (AvgIpc) is 3.50. The molecule has 6 nitrogen and oxygen atoms in total. The van der Waals surface area contributed by atoms with Crippen LogP contribution in [0.4, 0.5) is 0 Å². The monoisotopic (exact) mass is 1180 g/mol. The van der Waals surface area contributed by atoms with Crippen molar-refractivity contribution < 1.29 is 24.5 Å². The molecule has 0 aromatic heterocycles. The minimum atomic E-state index is -0.661.